The van der Waals surface area contributed by atoms with Gasteiger partial charge in [-0.3, -0.25) is 9.97 Å². The minimum atomic E-state index is -0.226. The third-order valence-electron chi connectivity index (χ3n) is 6.09. The van der Waals surface area contributed by atoms with Crippen molar-refractivity contribution >= 4 is 33.2 Å². The number of nitrogens with zero attached hydrogens (tertiary/aromatic N) is 3. The Morgan fingerprint density at radius 1 is 0.969 bits per heavy atom. The van der Waals surface area contributed by atoms with Crippen molar-refractivity contribution in [1.82, 2.24) is 15.3 Å². The fourth-order valence-corrected chi connectivity index (χ4v) is 4.49. The van der Waals surface area contributed by atoms with Crippen molar-refractivity contribution in [3.63, 3.8) is 0 Å². The molecule has 1 aliphatic heterocycles. The number of pyridine rings is 2. The van der Waals surface area contributed by atoms with Gasteiger partial charge in [-0.15, -0.1) is 0 Å². The van der Waals surface area contributed by atoms with Gasteiger partial charge >= 0.3 is 0 Å². The van der Waals surface area contributed by atoms with Crippen molar-refractivity contribution in [2.75, 3.05) is 36.4 Å². The number of nitrogens with one attached hydrogen (secondary N) is 2. The number of aromatic nitrogens is 2. The molecular weight excluding hydrogens is 405 g/mol. The topological polar surface area (TPSA) is 73.3 Å². The van der Waals surface area contributed by atoms with Gasteiger partial charge in [0.2, 0.25) is 0 Å². The van der Waals surface area contributed by atoms with E-state index in [0.717, 1.165) is 66.8 Å². The Hall–Kier alpha value is -3.45. The molecule has 2 aromatic heterocycles. The lowest BCUT2D eigenvalue weighted by Crippen LogP contribution is -2.43. The summed E-state index contributed by atoms with van der Waals surface area (Å²) in [5.74, 6) is 0.00625. The van der Waals surface area contributed by atoms with E-state index in [2.05, 4.69) is 25.5 Å². The molecule has 164 valence electrons. The number of hydrogen-bond donors (Lipinski definition) is 3. The number of hydrogen-bond acceptors (Lipinski definition) is 6. The zero-order valence-electron chi connectivity index (χ0n) is 17.8. The minimum Gasteiger partial charge on any atom is -0.508 e. The molecule has 7 heteroatoms. The average molecular weight is 432 g/mol. The molecule has 6 nitrogen and oxygen atoms in total. The summed E-state index contributed by atoms with van der Waals surface area (Å²) >= 11 is 0. The number of phenolic OH excluding ortho intramolecular Hbond substituents is 1. The van der Waals surface area contributed by atoms with E-state index in [1.807, 2.05) is 18.2 Å². The molecule has 3 heterocycles. The van der Waals surface area contributed by atoms with Gasteiger partial charge in [-0.2, -0.15) is 0 Å². The number of phenols is 1. The van der Waals surface area contributed by atoms with Crippen LogP contribution in [0.4, 0.5) is 15.8 Å². The maximum atomic E-state index is 14.1. The van der Waals surface area contributed by atoms with Crippen molar-refractivity contribution < 1.29 is 9.50 Å². The number of rotatable bonds is 6. The summed E-state index contributed by atoms with van der Waals surface area (Å²) in [5, 5.41) is 18.5. The molecule has 0 spiro atoms. The summed E-state index contributed by atoms with van der Waals surface area (Å²) in [5.41, 5.74) is 3.44. The molecule has 4 aromatic rings. The zero-order valence-corrected chi connectivity index (χ0v) is 17.8. The van der Waals surface area contributed by atoms with E-state index in [4.69, 9.17) is 0 Å². The van der Waals surface area contributed by atoms with Crippen molar-refractivity contribution in [2.24, 2.45) is 0 Å². The second-order valence-corrected chi connectivity index (χ2v) is 8.18. The van der Waals surface area contributed by atoms with Crippen LogP contribution < -0.4 is 15.5 Å². The summed E-state index contributed by atoms with van der Waals surface area (Å²) in [7, 11) is 0. The largest absolute Gasteiger partial charge is 0.508 e. The second kappa shape index (κ2) is 8.96. The van der Waals surface area contributed by atoms with Crippen LogP contribution in [0.5, 0.6) is 5.75 Å². The Morgan fingerprint density at radius 3 is 2.59 bits per heavy atom. The molecule has 32 heavy (non-hydrogen) atoms. The summed E-state index contributed by atoms with van der Waals surface area (Å²) < 4.78 is 14.1. The molecule has 1 fully saturated rings. The van der Waals surface area contributed by atoms with Crippen LogP contribution in [0.1, 0.15) is 12.8 Å². The van der Waals surface area contributed by atoms with Gasteiger partial charge < -0.3 is 20.6 Å². The van der Waals surface area contributed by atoms with Crippen LogP contribution in [0.3, 0.4) is 0 Å². The lowest BCUT2D eigenvalue weighted by molar-refractivity contribution is 0.421. The number of aromatic hydroxyl groups is 1. The number of halogens is 1. The average Bonchev–Trinajstić information content (AvgIpc) is 2.82. The molecule has 1 saturated heterocycles. The van der Waals surface area contributed by atoms with Gasteiger partial charge in [-0.05, 0) is 49.2 Å². The smallest absolute Gasteiger partial charge is 0.132 e. The fraction of sp³-hybridized carbons (Fsp3) is 0.280. The van der Waals surface area contributed by atoms with Gasteiger partial charge in [0.15, 0.2) is 0 Å². The third-order valence-corrected chi connectivity index (χ3v) is 6.09. The van der Waals surface area contributed by atoms with E-state index in [-0.39, 0.29) is 11.6 Å². The minimum absolute atomic E-state index is 0.226. The predicted molar refractivity (Wildman–Crippen MR) is 127 cm³/mol. The van der Waals surface area contributed by atoms with Crippen molar-refractivity contribution in [3.05, 3.63) is 66.7 Å². The number of piperidine rings is 1. The number of fused-ring (bicyclic) bond motifs is 2. The van der Waals surface area contributed by atoms with Crippen LogP contribution in [0, 0.1) is 5.82 Å². The molecule has 0 aliphatic carbocycles. The van der Waals surface area contributed by atoms with Crippen molar-refractivity contribution in [1.29, 1.82) is 0 Å². The van der Waals surface area contributed by atoms with E-state index in [1.54, 1.807) is 36.7 Å². The van der Waals surface area contributed by atoms with Gasteiger partial charge in [0, 0.05) is 61.5 Å². The standard InChI is InChI=1S/C25H26FN5O/c26-21-5-6-23(25-20(21)4-2-10-30-25)31-13-7-18(8-14-31)27-11-12-28-22-16-19(32)15-17-3-1-9-29-24(17)22/h1-6,9-10,15-16,18,27-28,32H,7-8,11-14H2. The predicted octanol–water partition coefficient (Wildman–Crippen LogP) is 4.30. The van der Waals surface area contributed by atoms with Crippen LogP contribution in [-0.4, -0.2) is 47.3 Å². The highest BCUT2D eigenvalue weighted by atomic mass is 19.1. The van der Waals surface area contributed by atoms with Crippen molar-refractivity contribution in [3.8, 4) is 5.75 Å². The Labute approximate surface area is 186 Å². The summed E-state index contributed by atoms with van der Waals surface area (Å²) in [6.45, 7) is 3.37. The monoisotopic (exact) mass is 431 g/mol. The van der Waals surface area contributed by atoms with Gasteiger partial charge in [0.05, 0.1) is 22.4 Å². The fourth-order valence-electron chi connectivity index (χ4n) is 4.49. The summed E-state index contributed by atoms with van der Waals surface area (Å²) in [6, 6.07) is 14.6. The normalized spacial score (nSPS) is 14.8. The first-order valence-electron chi connectivity index (χ1n) is 11.0. The second-order valence-electron chi connectivity index (χ2n) is 8.18. The van der Waals surface area contributed by atoms with Crippen molar-refractivity contribution in [2.45, 2.75) is 18.9 Å². The van der Waals surface area contributed by atoms with E-state index >= 15 is 0 Å². The Bertz CT molecular complexity index is 1240. The van der Waals surface area contributed by atoms with Crippen LogP contribution in [0.25, 0.3) is 21.8 Å². The maximum Gasteiger partial charge on any atom is 0.132 e. The third kappa shape index (κ3) is 4.16. The van der Waals surface area contributed by atoms with E-state index in [9.17, 15) is 9.50 Å². The quantitative estimate of drug-likeness (QED) is 0.396. The molecule has 2 aromatic carbocycles. The zero-order chi connectivity index (χ0) is 21.9. The summed E-state index contributed by atoms with van der Waals surface area (Å²) in [4.78, 5) is 11.2. The molecule has 0 bridgehead atoms. The number of benzene rings is 2. The van der Waals surface area contributed by atoms with Crippen LogP contribution >= 0.6 is 0 Å². The maximum absolute atomic E-state index is 14.1. The first kappa shape index (κ1) is 20.5. The highest BCUT2D eigenvalue weighted by molar-refractivity contribution is 5.92. The van der Waals surface area contributed by atoms with Gasteiger partial charge in [0.1, 0.15) is 11.6 Å². The van der Waals surface area contributed by atoms with Crippen LogP contribution in [-0.2, 0) is 0 Å². The first-order valence-corrected chi connectivity index (χ1v) is 11.0. The lowest BCUT2D eigenvalue weighted by atomic mass is 10.0. The lowest BCUT2D eigenvalue weighted by Gasteiger charge is -2.34. The Balaban J connectivity index is 1.15. The van der Waals surface area contributed by atoms with Gasteiger partial charge in [-0.25, -0.2) is 4.39 Å². The SMILES string of the molecule is Oc1cc(NCCNC2CCN(c3ccc(F)c4cccnc34)CC2)c2ncccc2c1. The number of anilines is 2. The van der Waals surface area contributed by atoms with Crippen LogP contribution in [0.15, 0.2) is 60.9 Å². The molecule has 1 aliphatic rings. The van der Waals surface area contributed by atoms with E-state index < -0.39 is 0 Å². The molecule has 0 saturated carbocycles. The molecule has 3 N–H and O–H groups in total. The van der Waals surface area contributed by atoms with Crippen LogP contribution in [0.2, 0.25) is 0 Å². The first-order chi connectivity index (χ1) is 15.7. The highest BCUT2D eigenvalue weighted by Crippen LogP contribution is 2.29. The molecule has 5 rings (SSSR count). The molecule has 0 radical (unpaired) electrons. The van der Waals surface area contributed by atoms with Gasteiger partial charge in [-0.1, -0.05) is 6.07 Å². The Kier molecular flexibility index (Phi) is 5.73. The highest BCUT2D eigenvalue weighted by Gasteiger charge is 2.21. The molecular formula is C25H26FN5O. The Morgan fingerprint density at radius 2 is 1.75 bits per heavy atom. The van der Waals surface area contributed by atoms with E-state index in [0.29, 0.717) is 11.4 Å². The molecule has 0 amide bonds. The van der Waals surface area contributed by atoms with Gasteiger partial charge in [0.25, 0.3) is 0 Å². The molecule has 0 unspecified atom stereocenters. The van der Waals surface area contributed by atoms with E-state index in [1.165, 1.54) is 6.07 Å². The molecule has 0 atom stereocenters. The summed E-state index contributed by atoms with van der Waals surface area (Å²) in [6.07, 6.45) is 5.51.